The molecule has 2 atom stereocenters. The van der Waals surface area contributed by atoms with Crippen LogP contribution in [-0.2, 0) is 4.74 Å². The quantitative estimate of drug-likeness (QED) is 0.831. The van der Waals surface area contributed by atoms with Crippen LogP contribution in [0.25, 0.3) is 0 Å². The van der Waals surface area contributed by atoms with Crippen LogP contribution in [0.15, 0.2) is 20.3 Å². The lowest BCUT2D eigenvalue weighted by atomic mass is 10.2. The average molecular weight is 275 g/mol. The predicted molar refractivity (Wildman–Crippen MR) is 57.8 cm³/mol. The number of hydrogen-bond donors (Lipinski definition) is 1. The Kier molecular flexibility index (Phi) is 2.79. The Bertz CT molecular complexity index is 479. The van der Waals surface area contributed by atoms with Crippen molar-refractivity contribution in [1.29, 1.82) is 0 Å². The van der Waals surface area contributed by atoms with Crippen LogP contribution in [0.4, 0.5) is 0 Å². The molecule has 1 aliphatic rings. The fourth-order valence-electron chi connectivity index (χ4n) is 1.66. The standard InChI is InChI=1S/C9H11BrN2O3/c1-5-2-3-7(15-5)12-4-6(10)8(13)11-9(12)14/h4-5,7H,2-3H2,1H3,(H,11,13,14)/t5-,7-/m1/s1. The third-order valence-electron chi connectivity index (χ3n) is 2.44. The maximum absolute atomic E-state index is 11.5. The van der Waals surface area contributed by atoms with Gasteiger partial charge in [-0.2, -0.15) is 0 Å². The van der Waals surface area contributed by atoms with Gasteiger partial charge in [0.25, 0.3) is 5.56 Å². The number of aromatic nitrogens is 2. The summed E-state index contributed by atoms with van der Waals surface area (Å²) in [6.07, 6.45) is 3.09. The van der Waals surface area contributed by atoms with Gasteiger partial charge in [0.1, 0.15) is 6.23 Å². The van der Waals surface area contributed by atoms with E-state index in [0.717, 1.165) is 12.8 Å². The van der Waals surface area contributed by atoms with Gasteiger partial charge in [0.05, 0.1) is 10.6 Å². The summed E-state index contributed by atoms with van der Waals surface area (Å²) >= 11 is 3.08. The number of rotatable bonds is 1. The molecule has 6 heteroatoms. The highest BCUT2D eigenvalue weighted by molar-refractivity contribution is 9.10. The van der Waals surface area contributed by atoms with Gasteiger partial charge >= 0.3 is 5.69 Å². The van der Waals surface area contributed by atoms with Crippen LogP contribution in [-0.4, -0.2) is 15.7 Å². The van der Waals surface area contributed by atoms with Gasteiger partial charge in [-0.3, -0.25) is 14.3 Å². The number of aromatic amines is 1. The van der Waals surface area contributed by atoms with E-state index in [2.05, 4.69) is 20.9 Å². The molecule has 1 aromatic heterocycles. The van der Waals surface area contributed by atoms with Crippen molar-refractivity contribution in [2.24, 2.45) is 0 Å². The molecule has 0 spiro atoms. The van der Waals surface area contributed by atoms with E-state index in [1.165, 1.54) is 10.8 Å². The summed E-state index contributed by atoms with van der Waals surface area (Å²) < 4.78 is 7.29. The van der Waals surface area contributed by atoms with Crippen LogP contribution in [0.2, 0.25) is 0 Å². The van der Waals surface area contributed by atoms with Gasteiger partial charge in [0.15, 0.2) is 0 Å². The lowest BCUT2D eigenvalue weighted by molar-refractivity contribution is 0.00779. The van der Waals surface area contributed by atoms with Crippen LogP contribution >= 0.6 is 15.9 Å². The number of nitrogens with zero attached hydrogens (tertiary/aromatic N) is 1. The van der Waals surface area contributed by atoms with E-state index in [4.69, 9.17) is 4.74 Å². The van der Waals surface area contributed by atoms with Gasteiger partial charge in [0, 0.05) is 6.20 Å². The summed E-state index contributed by atoms with van der Waals surface area (Å²) in [7, 11) is 0. The third-order valence-corrected chi connectivity index (χ3v) is 3.01. The largest absolute Gasteiger partial charge is 0.355 e. The van der Waals surface area contributed by atoms with Crippen LogP contribution in [0.1, 0.15) is 26.0 Å². The van der Waals surface area contributed by atoms with Crippen molar-refractivity contribution < 1.29 is 4.74 Å². The number of ether oxygens (including phenoxy) is 1. The second-order valence-corrected chi connectivity index (χ2v) is 4.48. The minimum Gasteiger partial charge on any atom is -0.355 e. The lowest BCUT2D eigenvalue weighted by Gasteiger charge is -2.13. The maximum Gasteiger partial charge on any atom is 0.330 e. The Balaban J connectivity index is 2.41. The summed E-state index contributed by atoms with van der Waals surface area (Å²) in [4.78, 5) is 24.8. The summed E-state index contributed by atoms with van der Waals surface area (Å²) in [6, 6.07) is 0. The number of nitrogens with one attached hydrogen (secondary N) is 1. The Morgan fingerprint density at radius 1 is 1.53 bits per heavy atom. The van der Waals surface area contributed by atoms with E-state index in [-0.39, 0.29) is 12.3 Å². The lowest BCUT2D eigenvalue weighted by Crippen LogP contribution is -2.32. The van der Waals surface area contributed by atoms with E-state index in [1.54, 1.807) is 0 Å². The fraction of sp³-hybridized carbons (Fsp3) is 0.556. The second kappa shape index (κ2) is 3.94. The maximum atomic E-state index is 11.5. The van der Waals surface area contributed by atoms with Gasteiger partial charge < -0.3 is 4.74 Å². The first kappa shape index (κ1) is 10.6. The van der Waals surface area contributed by atoms with Crippen LogP contribution in [0, 0.1) is 0 Å². The van der Waals surface area contributed by atoms with Crippen LogP contribution < -0.4 is 11.2 Å². The molecule has 0 aromatic carbocycles. The van der Waals surface area contributed by atoms with Gasteiger partial charge in [-0.1, -0.05) is 0 Å². The van der Waals surface area contributed by atoms with E-state index < -0.39 is 11.2 Å². The molecular formula is C9H11BrN2O3. The number of H-pyrrole nitrogens is 1. The van der Waals surface area contributed by atoms with Crippen molar-refractivity contribution >= 4 is 15.9 Å². The Hall–Kier alpha value is -0.880. The minimum atomic E-state index is -0.428. The van der Waals surface area contributed by atoms with Crippen molar-refractivity contribution in [3.63, 3.8) is 0 Å². The first-order valence-electron chi connectivity index (χ1n) is 4.74. The molecule has 0 saturated carbocycles. The summed E-state index contributed by atoms with van der Waals surface area (Å²) in [5.74, 6) is 0. The van der Waals surface area contributed by atoms with Gasteiger partial charge in [-0.15, -0.1) is 0 Å². The second-order valence-electron chi connectivity index (χ2n) is 3.62. The number of halogens is 1. The molecule has 2 heterocycles. The molecule has 82 valence electrons. The van der Waals surface area contributed by atoms with Gasteiger partial charge in [-0.25, -0.2) is 4.79 Å². The van der Waals surface area contributed by atoms with Crippen molar-refractivity contribution in [2.45, 2.75) is 32.1 Å². The minimum absolute atomic E-state index is 0.160. The molecule has 15 heavy (non-hydrogen) atoms. The molecule has 1 aromatic rings. The smallest absolute Gasteiger partial charge is 0.330 e. The zero-order chi connectivity index (χ0) is 11.0. The number of hydrogen-bond acceptors (Lipinski definition) is 3. The molecule has 1 aliphatic heterocycles. The zero-order valence-corrected chi connectivity index (χ0v) is 9.78. The molecular weight excluding hydrogens is 264 g/mol. The van der Waals surface area contributed by atoms with Gasteiger partial charge in [0.2, 0.25) is 0 Å². The summed E-state index contributed by atoms with van der Waals surface area (Å²) in [5, 5.41) is 0. The Morgan fingerprint density at radius 3 is 2.87 bits per heavy atom. The summed E-state index contributed by atoms with van der Waals surface area (Å²) in [6.45, 7) is 1.96. The first-order chi connectivity index (χ1) is 7.08. The van der Waals surface area contributed by atoms with E-state index in [0.29, 0.717) is 4.47 Å². The highest BCUT2D eigenvalue weighted by Gasteiger charge is 2.24. The van der Waals surface area contributed by atoms with Crippen molar-refractivity contribution in [2.75, 3.05) is 0 Å². The molecule has 2 rings (SSSR count). The molecule has 5 nitrogen and oxygen atoms in total. The Morgan fingerprint density at radius 2 is 2.27 bits per heavy atom. The van der Waals surface area contributed by atoms with Crippen LogP contribution in [0.3, 0.4) is 0 Å². The average Bonchev–Trinajstić information content (AvgIpc) is 2.58. The van der Waals surface area contributed by atoms with Crippen molar-refractivity contribution in [3.05, 3.63) is 31.5 Å². The summed E-state index contributed by atoms with van der Waals surface area (Å²) in [5.41, 5.74) is -0.843. The third kappa shape index (κ3) is 2.05. The zero-order valence-electron chi connectivity index (χ0n) is 8.20. The molecule has 1 saturated heterocycles. The van der Waals surface area contributed by atoms with Crippen LogP contribution in [0.5, 0.6) is 0 Å². The molecule has 0 radical (unpaired) electrons. The SMILES string of the molecule is C[C@@H]1CC[C@H](n2cc(Br)c(=O)[nH]c2=O)O1. The van der Waals surface area contributed by atoms with Crippen molar-refractivity contribution in [3.8, 4) is 0 Å². The molecule has 0 unspecified atom stereocenters. The predicted octanol–water partition coefficient (Wildman–Crippen LogP) is 0.997. The van der Waals surface area contributed by atoms with Gasteiger partial charge in [-0.05, 0) is 35.7 Å². The fourth-order valence-corrected chi connectivity index (χ4v) is 1.98. The molecule has 1 N–H and O–H groups in total. The Labute approximate surface area is 94.2 Å². The monoisotopic (exact) mass is 274 g/mol. The molecule has 0 amide bonds. The van der Waals surface area contributed by atoms with E-state index >= 15 is 0 Å². The topological polar surface area (TPSA) is 64.1 Å². The van der Waals surface area contributed by atoms with Crippen molar-refractivity contribution in [1.82, 2.24) is 9.55 Å². The van der Waals surface area contributed by atoms with E-state index in [1.807, 2.05) is 6.92 Å². The molecule has 0 aliphatic carbocycles. The molecule has 1 fully saturated rings. The first-order valence-corrected chi connectivity index (χ1v) is 5.53. The highest BCUT2D eigenvalue weighted by Crippen LogP contribution is 2.26. The molecule has 0 bridgehead atoms. The van der Waals surface area contributed by atoms with E-state index in [9.17, 15) is 9.59 Å². The normalized spacial score (nSPS) is 25.7. The highest BCUT2D eigenvalue weighted by atomic mass is 79.9.